The molecule has 1 unspecified atom stereocenters. The van der Waals surface area contributed by atoms with Crippen LogP contribution >= 0.6 is 0 Å². The van der Waals surface area contributed by atoms with Gasteiger partial charge in [0, 0.05) is 32.7 Å². The fourth-order valence-corrected chi connectivity index (χ4v) is 1.82. The Labute approximate surface area is 104 Å². The largest absolute Gasteiger partial charge is 0.385 e. The smallest absolute Gasteiger partial charge is 0.221 e. The van der Waals surface area contributed by atoms with Crippen LogP contribution in [0.15, 0.2) is 0 Å². The number of rotatable bonds is 8. The van der Waals surface area contributed by atoms with Crippen LogP contribution in [0.1, 0.15) is 39.5 Å². The zero-order valence-electron chi connectivity index (χ0n) is 11.3. The molecular weight excluding hydrogens is 216 g/mol. The molecule has 0 radical (unpaired) electrons. The van der Waals surface area contributed by atoms with Gasteiger partial charge in [0.1, 0.15) is 0 Å². The van der Waals surface area contributed by atoms with Crippen molar-refractivity contribution in [2.24, 2.45) is 17.1 Å². The molecule has 0 aliphatic heterocycles. The molecule has 0 spiro atoms. The average molecular weight is 242 g/mol. The van der Waals surface area contributed by atoms with E-state index in [1.165, 1.54) is 12.8 Å². The molecule has 1 rings (SSSR count). The van der Waals surface area contributed by atoms with Crippen molar-refractivity contribution in [2.75, 3.05) is 20.3 Å². The monoisotopic (exact) mass is 242 g/mol. The lowest BCUT2D eigenvalue weighted by molar-refractivity contribution is -0.121. The van der Waals surface area contributed by atoms with E-state index >= 15 is 0 Å². The van der Waals surface area contributed by atoms with Gasteiger partial charge in [0.05, 0.1) is 0 Å². The highest BCUT2D eigenvalue weighted by Gasteiger charge is 2.42. The van der Waals surface area contributed by atoms with Gasteiger partial charge in [-0.15, -0.1) is 0 Å². The average Bonchev–Trinajstić information content (AvgIpc) is 3.04. The fraction of sp³-hybridized carbons (Fsp3) is 0.923. The van der Waals surface area contributed by atoms with Crippen molar-refractivity contribution in [3.05, 3.63) is 0 Å². The topological polar surface area (TPSA) is 64.3 Å². The third kappa shape index (κ3) is 5.04. The molecule has 0 saturated heterocycles. The third-order valence-corrected chi connectivity index (χ3v) is 3.73. The van der Waals surface area contributed by atoms with Crippen molar-refractivity contribution in [3.8, 4) is 0 Å². The number of amides is 1. The van der Waals surface area contributed by atoms with Crippen LogP contribution < -0.4 is 11.1 Å². The van der Waals surface area contributed by atoms with Crippen LogP contribution in [0.2, 0.25) is 0 Å². The molecule has 0 aromatic carbocycles. The van der Waals surface area contributed by atoms with E-state index in [0.717, 1.165) is 19.6 Å². The molecule has 3 N–H and O–H groups in total. The first kappa shape index (κ1) is 14.5. The van der Waals surface area contributed by atoms with Crippen LogP contribution in [0, 0.1) is 11.3 Å². The van der Waals surface area contributed by atoms with Crippen LogP contribution in [-0.4, -0.2) is 32.2 Å². The van der Waals surface area contributed by atoms with Gasteiger partial charge in [0.2, 0.25) is 5.91 Å². The van der Waals surface area contributed by atoms with Crippen molar-refractivity contribution in [3.63, 3.8) is 0 Å². The van der Waals surface area contributed by atoms with Gasteiger partial charge in [0.25, 0.3) is 0 Å². The number of hydrogen-bond acceptors (Lipinski definition) is 3. The molecule has 1 atom stereocenters. The molecule has 100 valence electrons. The van der Waals surface area contributed by atoms with E-state index in [-0.39, 0.29) is 11.9 Å². The molecule has 1 fully saturated rings. The number of hydrogen-bond donors (Lipinski definition) is 2. The molecule has 0 aromatic heterocycles. The van der Waals surface area contributed by atoms with Gasteiger partial charge in [-0.25, -0.2) is 0 Å². The number of nitrogens with two attached hydrogens (primary N) is 1. The summed E-state index contributed by atoms with van der Waals surface area (Å²) in [7, 11) is 1.72. The summed E-state index contributed by atoms with van der Waals surface area (Å²) in [5, 5.41) is 3.01. The van der Waals surface area contributed by atoms with E-state index in [0.29, 0.717) is 17.8 Å². The van der Waals surface area contributed by atoms with Gasteiger partial charge in [0.15, 0.2) is 0 Å². The summed E-state index contributed by atoms with van der Waals surface area (Å²) in [4.78, 5) is 11.7. The highest BCUT2D eigenvalue weighted by Crippen LogP contribution is 2.48. The second kappa shape index (κ2) is 6.36. The number of nitrogens with one attached hydrogen (secondary N) is 1. The van der Waals surface area contributed by atoms with E-state index in [9.17, 15) is 4.79 Å². The van der Waals surface area contributed by atoms with Crippen LogP contribution in [0.25, 0.3) is 0 Å². The summed E-state index contributed by atoms with van der Waals surface area (Å²) in [6.07, 6.45) is 3.87. The van der Waals surface area contributed by atoms with E-state index in [4.69, 9.17) is 10.5 Å². The molecule has 17 heavy (non-hydrogen) atoms. The summed E-state index contributed by atoms with van der Waals surface area (Å²) >= 11 is 0. The van der Waals surface area contributed by atoms with E-state index in [1.807, 2.05) is 13.8 Å². The fourth-order valence-electron chi connectivity index (χ4n) is 1.82. The summed E-state index contributed by atoms with van der Waals surface area (Å²) in [5.41, 5.74) is 6.18. The lowest BCUT2D eigenvalue weighted by Gasteiger charge is -2.18. The molecule has 1 saturated carbocycles. The zero-order valence-corrected chi connectivity index (χ0v) is 11.3. The van der Waals surface area contributed by atoms with Crippen LogP contribution in [0.5, 0.6) is 0 Å². The Hall–Kier alpha value is -0.610. The van der Waals surface area contributed by atoms with Crippen LogP contribution in [0.3, 0.4) is 0 Å². The molecule has 1 amide bonds. The van der Waals surface area contributed by atoms with Gasteiger partial charge in [-0.3, -0.25) is 4.79 Å². The number of carbonyl (C=O) groups is 1. The maximum atomic E-state index is 11.7. The highest BCUT2D eigenvalue weighted by molar-refractivity contribution is 5.76. The lowest BCUT2D eigenvalue weighted by Crippen LogP contribution is -2.37. The van der Waals surface area contributed by atoms with Gasteiger partial charge < -0.3 is 15.8 Å². The van der Waals surface area contributed by atoms with E-state index in [2.05, 4.69) is 5.32 Å². The van der Waals surface area contributed by atoms with E-state index < -0.39 is 0 Å². The molecule has 4 heteroatoms. The molecule has 0 aromatic rings. The molecule has 4 nitrogen and oxygen atoms in total. The van der Waals surface area contributed by atoms with Crippen molar-refractivity contribution in [1.82, 2.24) is 5.32 Å². The molecule has 1 aliphatic rings. The minimum atomic E-state index is -0.0378. The summed E-state index contributed by atoms with van der Waals surface area (Å²) in [5.74, 6) is 0.430. The Balaban J connectivity index is 2.19. The van der Waals surface area contributed by atoms with E-state index in [1.54, 1.807) is 7.11 Å². The van der Waals surface area contributed by atoms with Crippen molar-refractivity contribution in [1.29, 1.82) is 0 Å². The standard InChI is InChI=1S/C13H26N2O2/c1-10(2)11(14)8-12(16)15-9-13(4-5-13)6-7-17-3/h10-11H,4-9,14H2,1-3H3,(H,15,16). The predicted molar refractivity (Wildman–Crippen MR) is 68.6 cm³/mol. The second-order valence-electron chi connectivity index (χ2n) is 5.63. The zero-order chi connectivity index (χ0) is 12.9. The lowest BCUT2D eigenvalue weighted by atomic mass is 10.0. The maximum absolute atomic E-state index is 11.7. The van der Waals surface area contributed by atoms with Crippen molar-refractivity contribution in [2.45, 2.75) is 45.6 Å². The third-order valence-electron chi connectivity index (χ3n) is 3.73. The molecule has 0 bridgehead atoms. The minimum Gasteiger partial charge on any atom is -0.385 e. The van der Waals surface area contributed by atoms with Gasteiger partial charge in [-0.05, 0) is 30.6 Å². The SMILES string of the molecule is COCCC1(CNC(=O)CC(N)C(C)C)CC1. The van der Waals surface area contributed by atoms with Crippen molar-refractivity contribution >= 4 is 5.91 Å². The van der Waals surface area contributed by atoms with Crippen LogP contribution in [-0.2, 0) is 9.53 Å². The van der Waals surface area contributed by atoms with Crippen molar-refractivity contribution < 1.29 is 9.53 Å². The highest BCUT2D eigenvalue weighted by atomic mass is 16.5. The second-order valence-corrected chi connectivity index (χ2v) is 5.63. The first-order chi connectivity index (χ1) is 7.99. The number of ether oxygens (including phenoxy) is 1. The van der Waals surface area contributed by atoms with Gasteiger partial charge in [-0.2, -0.15) is 0 Å². The first-order valence-electron chi connectivity index (χ1n) is 6.50. The first-order valence-corrected chi connectivity index (χ1v) is 6.50. The molecule has 1 aliphatic carbocycles. The number of methoxy groups -OCH3 is 1. The maximum Gasteiger partial charge on any atom is 0.221 e. The Morgan fingerprint density at radius 3 is 2.59 bits per heavy atom. The predicted octanol–water partition coefficient (Wildman–Crippen LogP) is 1.29. The van der Waals surface area contributed by atoms with Crippen LogP contribution in [0.4, 0.5) is 0 Å². The molecular formula is C13H26N2O2. The van der Waals surface area contributed by atoms with Gasteiger partial charge in [-0.1, -0.05) is 13.8 Å². The van der Waals surface area contributed by atoms with Gasteiger partial charge >= 0.3 is 0 Å². The summed E-state index contributed by atoms with van der Waals surface area (Å²) in [6.45, 7) is 5.64. The summed E-state index contributed by atoms with van der Waals surface area (Å²) in [6, 6.07) is -0.0378. The summed E-state index contributed by atoms with van der Waals surface area (Å²) < 4.78 is 5.09. The normalized spacial score (nSPS) is 19.1. The quantitative estimate of drug-likeness (QED) is 0.674. The Kier molecular flexibility index (Phi) is 5.40. The molecule has 0 heterocycles. The Morgan fingerprint density at radius 1 is 1.47 bits per heavy atom. The number of carbonyl (C=O) groups excluding carboxylic acids is 1. The minimum absolute atomic E-state index is 0.0378. The Morgan fingerprint density at radius 2 is 2.12 bits per heavy atom. The Bertz CT molecular complexity index is 250.